The van der Waals surface area contributed by atoms with Crippen molar-refractivity contribution in [1.82, 2.24) is 5.32 Å². The number of carbonyl (C=O) groups is 2. The minimum atomic E-state index is -1.40. The molecule has 0 radical (unpaired) electrons. The van der Waals surface area contributed by atoms with E-state index < -0.39 is 17.4 Å². The summed E-state index contributed by atoms with van der Waals surface area (Å²) in [5.41, 5.74) is 1.15. The number of hydrogen-bond donors (Lipinski definition) is 2. The molecule has 0 unspecified atom stereocenters. The lowest BCUT2D eigenvalue weighted by Gasteiger charge is -2.22. The van der Waals surface area contributed by atoms with E-state index in [1.54, 1.807) is 6.07 Å². The van der Waals surface area contributed by atoms with E-state index in [0.717, 1.165) is 16.3 Å². The predicted octanol–water partition coefficient (Wildman–Crippen LogP) is 5.14. The largest absolute Gasteiger partial charge is 0.487 e. The third kappa shape index (κ3) is 4.62. The minimum absolute atomic E-state index is 0.301. The highest BCUT2D eigenvalue weighted by molar-refractivity contribution is 6.05. The number of carboxylic acid groups (broad SMARTS) is 1. The van der Waals surface area contributed by atoms with Gasteiger partial charge in [0.05, 0.1) is 5.56 Å². The molecule has 3 aromatic rings. The first-order chi connectivity index (χ1) is 14.2. The van der Waals surface area contributed by atoms with Gasteiger partial charge in [0, 0.05) is 5.39 Å². The summed E-state index contributed by atoms with van der Waals surface area (Å²) >= 11 is 0. The van der Waals surface area contributed by atoms with Crippen molar-refractivity contribution >= 4 is 22.6 Å². The molecule has 5 heteroatoms. The molecule has 0 aliphatic heterocycles. The molecule has 1 amide bonds. The van der Waals surface area contributed by atoms with E-state index in [-0.39, 0.29) is 0 Å². The number of aliphatic carboxylic acids is 1. The Bertz CT molecular complexity index is 1070. The van der Waals surface area contributed by atoms with Crippen LogP contribution in [0.4, 0.5) is 0 Å². The van der Waals surface area contributed by atoms with Gasteiger partial charge in [-0.25, -0.2) is 4.79 Å². The summed E-state index contributed by atoms with van der Waals surface area (Å²) in [6, 6.07) is 19.4. The second kappa shape index (κ2) is 8.57. The summed E-state index contributed by atoms with van der Waals surface area (Å²) in [6.45, 7) is 7.49. The lowest BCUT2D eigenvalue weighted by atomic mass is 10.0. The van der Waals surface area contributed by atoms with E-state index in [4.69, 9.17) is 4.74 Å². The van der Waals surface area contributed by atoms with Gasteiger partial charge in [0.15, 0.2) is 0 Å². The monoisotopic (exact) mass is 405 g/mol. The van der Waals surface area contributed by atoms with Gasteiger partial charge in [-0.3, -0.25) is 4.79 Å². The first-order valence-corrected chi connectivity index (χ1v) is 9.98. The van der Waals surface area contributed by atoms with E-state index in [1.807, 2.05) is 42.5 Å². The Morgan fingerprint density at radius 2 is 1.67 bits per heavy atom. The van der Waals surface area contributed by atoms with Crippen molar-refractivity contribution in [1.29, 1.82) is 0 Å². The van der Waals surface area contributed by atoms with Crippen LogP contribution in [0.3, 0.4) is 0 Å². The van der Waals surface area contributed by atoms with Crippen molar-refractivity contribution in [2.24, 2.45) is 0 Å². The maximum Gasteiger partial charge on any atom is 0.328 e. The van der Waals surface area contributed by atoms with E-state index in [9.17, 15) is 14.7 Å². The molecule has 156 valence electrons. The third-order valence-corrected chi connectivity index (χ3v) is 5.11. The second-order valence-electron chi connectivity index (χ2n) is 8.23. The Hall–Kier alpha value is -3.34. The molecule has 0 atom stereocenters. The molecule has 0 aliphatic carbocycles. The number of hydrogen-bond acceptors (Lipinski definition) is 3. The van der Waals surface area contributed by atoms with Crippen LogP contribution in [0.5, 0.6) is 5.75 Å². The molecule has 0 fully saturated rings. The fourth-order valence-electron chi connectivity index (χ4n) is 3.14. The molecule has 0 bridgehead atoms. The van der Waals surface area contributed by atoms with Crippen LogP contribution in [0, 0.1) is 0 Å². The molecular weight excluding hydrogens is 378 g/mol. The van der Waals surface area contributed by atoms with Gasteiger partial charge in [0.25, 0.3) is 5.91 Å². The summed E-state index contributed by atoms with van der Waals surface area (Å²) in [6.07, 6.45) is 0. The standard InChI is InChI=1S/C25H27NO4/c1-16(2)18-11-9-17(10-12-18)15-30-22-20-8-6-5-7-19(20)13-14-21(22)23(27)26-25(3,4)24(28)29/h5-14,16H,15H2,1-4H3,(H,26,27)(H,28,29). The zero-order valence-electron chi connectivity index (χ0n) is 17.7. The van der Waals surface area contributed by atoms with Gasteiger partial charge in [-0.2, -0.15) is 0 Å². The molecule has 0 saturated heterocycles. The molecule has 0 saturated carbocycles. The van der Waals surface area contributed by atoms with Crippen LogP contribution in [0.15, 0.2) is 60.7 Å². The molecule has 30 heavy (non-hydrogen) atoms. The number of carbonyl (C=O) groups excluding carboxylic acids is 1. The van der Waals surface area contributed by atoms with Crippen molar-refractivity contribution in [3.8, 4) is 5.75 Å². The van der Waals surface area contributed by atoms with Crippen molar-refractivity contribution in [2.45, 2.75) is 45.8 Å². The highest BCUT2D eigenvalue weighted by atomic mass is 16.5. The number of carboxylic acids is 1. The SMILES string of the molecule is CC(C)c1ccc(COc2c(C(=O)NC(C)(C)C(=O)O)ccc3ccccc23)cc1. The summed E-state index contributed by atoms with van der Waals surface area (Å²) in [5, 5.41) is 13.7. The van der Waals surface area contributed by atoms with Crippen LogP contribution in [0.2, 0.25) is 0 Å². The molecule has 3 rings (SSSR count). The van der Waals surface area contributed by atoms with Crippen molar-refractivity contribution in [3.63, 3.8) is 0 Å². The van der Waals surface area contributed by atoms with Gasteiger partial charge in [-0.15, -0.1) is 0 Å². The first kappa shape index (κ1) is 21.4. The van der Waals surface area contributed by atoms with Gasteiger partial charge >= 0.3 is 5.97 Å². The average Bonchev–Trinajstić information content (AvgIpc) is 2.71. The van der Waals surface area contributed by atoms with E-state index in [1.165, 1.54) is 19.4 Å². The maximum absolute atomic E-state index is 12.9. The third-order valence-electron chi connectivity index (χ3n) is 5.11. The normalized spacial score (nSPS) is 11.5. The Morgan fingerprint density at radius 3 is 2.30 bits per heavy atom. The molecule has 0 heterocycles. The zero-order chi connectivity index (χ0) is 21.9. The van der Waals surface area contributed by atoms with Crippen molar-refractivity contribution in [2.75, 3.05) is 0 Å². The average molecular weight is 405 g/mol. The highest BCUT2D eigenvalue weighted by Gasteiger charge is 2.30. The van der Waals surface area contributed by atoms with E-state index in [2.05, 4.69) is 31.3 Å². The summed E-state index contributed by atoms with van der Waals surface area (Å²) < 4.78 is 6.12. The molecule has 3 aromatic carbocycles. The van der Waals surface area contributed by atoms with Crippen LogP contribution in [-0.4, -0.2) is 22.5 Å². The Morgan fingerprint density at radius 1 is 1.00 bits per heavy atom. The lowest BCUT2D eigenvalue weighted by molar-refractivity contribution is -0.143. The molecule has 2 N–H and O–H groups in total. The molecule has 5 nitrogen and oxygen atoms in total. The van der Waals surface area contributed by atoms with Crippen LogP contribution in [-0.2, 0) is 11.4 Å². The number of benzene rings is 3. The lowest BCUT2D eigenvalue weighted by Crippen LogP contribution is -2.49. The molecule has 0 aromatic heterocycles. The van der Waals surface area contributed by atoms with Crippen LogP contribution < -0.4 is 10.1 Å². The van der Waals surface area contributed by atoms with Crippen LogP contribution in [0.1, 0.15) is 55.1 Å². The molecule has 0 aliphatic rings. The maximum atomic E-state index is 12.9. The van der Waals surface area contributed by atoms with Gasteiger partial charge < -0.3 is 15.2 Å². The summed E-state index contributed by atoms with van der Waals surface area (Å²) in [4.78, 5) is 24.3. The first-order valence-electron chi connectivity index (χ1n) is 9.98. The minimum Gasteiger partial charge on any atom is -0.487 e. The van der Waals surface area contributed by atoms with Crippen molar-refractivity contribution in [3.05, 3.63) is 77.4 Å². The number of nitrogens with one attached hydrogen (secondary N) is 1. The molecular formula is C25H27NO4. The summed E-state index contributed by atoms with van der Waals surface area (Å²) in [5.74, 6) is -0.701. The summed E-state index contributed by atoms with van der Waals surface area (Å²) in [7, 11) is 0. The topological polar surface area (TPSA) is 75.6 Å². The van der Waals surface area contributed by atoms with Gasteiger partial charge in [-0.1, -0.05) is 68.4 Å². The fourth-order valence-corrected chi connectivity index (χ4v) is 3.14. The number of rotatable bonds is 7. The number of amides is 1. The van der Waals surface area contributed by atoms with Gasteiger partial charge in [-0.05, 0) is 42.3 Å². The van der Waals surface area contributed by atoms with E-state index in [0.29, 0.717) is 23.8 Å². The smallest absolute Gasteiger partial charge is 0.328 e. The van der Waals surface area contributed by atoms with Gasteiger partial charge in [0.1, 0.15) is 17.9 Å². The van der Waals surface area contributed by atoms with Crippen molar-refractivity contribution < 1.29 is 19.4 Å². The van der Waals surface area contributed by atoms with E-state index >= 15 is 0 Å². The highest BCUT2D eigenvalue weighted by Crippen LogP contribution is 2.31. The quantitative estimate of drug-likeness (QED) is 0.571. The Balaban J connectivity index is 1.93. The Labute approximate surface area is 176 Å². The Kier molecular flexibility index (Phi) is 6.11. The number of fused-ring (bicyclic) bond motifs is 1. The number of ether oxygens (including phenoxy) is 1. The fraction of sp³-hybridized carbons (Fsp3) is 0.280. The van der Waals surface area contributed by atoms with Gasteiger partial charge in [0.2, 0.25) is 0 Å². The second-order valence-corrected chi connectivity index (χ2v) is 8.23. The zero-order valence-corrected chi connectivity index (χ0v) is 17.7. The van der Waals surface area contributed by atoms with Crippen LogP contribution in [0.25, 0.3) is 10.8 Å². The molecule has 0 spiro atoms. The van der Waals surface area contributed by atoms with Crippen LogP contribution >= 0.6 is 0 Å². The predicted molar refractivity (Wildman–Crippen MR) is 118 cm³/mol.